The molecule has 0 aromatic heterocycles. The molecule has 78 valence electrons. The SMILES string of the molecule is CSC1(CN2CNC3(CC3)C2=O)CC1. The third kappa shape index (κ3) is 1.20. The zero-order valence-electron chi connectivity index (χ0n) is 8.51. The molecule has 1 amide bonds. The second kappa shape index (κ2) is 2.67. The van der Waals surface area contributed by atoms with Gasteiger partial charge in [0.2, 0.25) is 5.91 Å². The van der Waals surface area contributed by atoms with Crippen LogP contribution in [-0.4, -0.2) is 40.6 Å². The minimum absolute atomic E-state index is 0.103. The largest absolute Gasteiger partial charge is 0.327 e. The molecule has 0 atom stereocenters. The molecular formula is C10H16N2OS. The first kappa shape index (κ1) is 9.04. The Morgan fingerprint density at radius 2 is 2.14 bits per heavy atom. The van der Waals surface area contributed by atoms with Crippen LogP contribution in [0, 0.1) is 0 Å². The molecule has 1 N–H and O–H groups in total. The van der Waals surface area contributed by atoms with Crippen LogP contribution in [0.4, 0.5) is 0 Å². The fraction of sp³-hybridized carbons (Fsp3) is 0.900. The number of carbonyl (C=O) groups is 1. The average Bonchev–Trinajstić information content (AvgIpc) is 3.07. The predicted molar refractivity (Wildman–Crippen MR) is 57.2 cm³/mol. The highest BCUT2D eigenvalue weighted by Crippen LogP contribution is 2.49. The molecule has 1 heterocycles. The number of amides is 1. The molecular weight excluding hydrogens is 196 g/mol. The smallest absolute Gasteiger partial charge is 0.244 e. The van der Waals surface area contributed by atoms with Gasteiger partial charge < -0.3 is 4.90 Å². The molecule has 0 aromatic rings. The van der Waals surface area contributed by atoms with E-state index in [9.17, 15) is 4.79 Å². The van der Waals surface area contributed by atoms with E-state index in [1.165, 1.54) is 12.8 Å². The summed E-state index contributed by atoms with van der Waals surface area (Å²) in [4.78, 5) is 14.0. The van der Waals surface area contributed by atoms with E-state index in [2.05, 4.69) is 11.6 Å². The van der Waals surface area contributed by atoms with Gasteiger partial charge in [-0.25, -0.2) is 0 Å². The predicted octanol–water partition coefficient (Wildman–Crippen LogP) is 0.804. The molecule has 2 saturated carbocycles. The summed E-state index contributed by atoms with van der Waals surface area (Å²) in [6, 6.07) is 0. The van der Waals surface area contributed by atoms with Crippen molar-refractivity contribution in [2.75, 3.05) is 19.5 Å². The van der Waals surface area contributed by atoms with Crippen molar-refractivity contribution in [3.8, 4) is 0 Å². The van der Waals surface area contributed by atoms with Gasteiger partial charge in [-0.2, -0.15) is 11.8 Å². The van der Waals surface area contributed by atoms with Gasteiger partial charge in [0.1, 0.15) is 0 Å². The van der Waals surface area contributed by atoms with Crippen molar-refractivity contribution in [2.24, 2.45) is 0 Å². The summed E-state index contributed by atoms with van der Waals surface area (Å²) in [6.07, 6.45) is 6.83. The van der Waals surface area contributed by atoms with Crippen LogP contribution in [0.5, 0.6) is 0 Å². The first-order chi connectivity index (χ1) is 6.70. The lowest BCUT2D eigenvalue weighted by Gasteiger charge is -2.21. The van der Waals surface area contributed by atoms with Gasteiger partial charge in [0.25, 0.3) is 0 Å². The van der Waals surface area contributed by atoms with Gasteiger partial charge in [0.05, 0.1) is 12.2 Å². The van der Waals surface area contributed by atoms with Crippen LogP contribution in [-0.2, 0) is 4.79 Å². The summed E-state index contributed by atoms with van der Waals surface area (Å²) >= 11 is 1.93. The molecule has 14 heavy (non-hydrogen) atoms. The molecule has 3 aliphatic rings. The Bertz CT molecular complexity index is 284. The van der Waals surface area contributed by atoms with Crippen LogP contribution in [0.25, 0.3) is 0 Å². The molecule has 2 aliphatic carbocycles. The normalized spacial score (nSPS) is 31.2. The first-order valence-corrected chi connectivity index (χ1v) is 6.52. The highest BCUT2D eigenvalue weighted by molar-refractivity contribution is 8.00. The highest BCUT2D eigenvalue weighted by atomic mass is 32.2. The van der Waals surface area contributed by atoms with E-state index in [0.717, 1.165) is 26.1 Å². The van der Waals surface area contributed by atoms with Crippen molar-refractivity contribution >= 4 is 17.7 Å². The Kier molecular flexibility index (Phi) is 1.72. The summed E-state index contributed by atoms with van der Waals surface area (Å²) in [5.41, 5.74) is -0.103. The van der Waals surface area contributed by atoms with Gasteiger partial charge in [-0.05, 0) is 31.9 Å². The monoisotopic (exact) mass is 212 g/mol. The number of thioether (sulfide) groups is 1. The van der Waals surface area contributed by atoms with Crippen molar-refractivity contribution in [2.45, 2.75) is 36.0 Å². The first-order valence-electron chi connectivity index (χ1n) is 5.29. The third-order valence-electron chi connectivity index (χ3n) is 3.77. The number of hydrogen-bond donors (Lipinski definition) is 1. The van der Waals surface area contributed by atoms with Crippen LogP contribution in [0.2, 0.25) is 0 Å². The molecule has 0 bridgehead atoms. The van der Waals surface area contributed by atoms with Crippen LogP contribution in [0.1, 0.15) is 25.7 Å². The number of carbonyl (C=O) groups excluding carboxylic acids is 1. The summed E-state index contributed by atoms with van der Waals surface area (Å²) in [5.74, 6) is 0.359. The highest BCUT2D eigenvalue weighted by Gasteiger charge is 2.57. The molecule has 3 fully saturated rings. The van der Waals surface area contributed by atoms with Crippen molar-refractivity contribution in [3.63, 3.8) is 0 Å². The Morgan fingerprint density at radius 3 is 2.57 bits per heavy atom. The Hall–Kier alpha value is -0.220. The Morgan fingerprint density at radius 1 is 1.43 bits per heavy atom. The number of nitrogens with zero attached hydrogens (tertiary/aromatic N) is 1. The molecule has 1 aliphatic heterocycles. The molecule has 0 aromatic carbocycles. The van der Waals surface area contributed by atoms with Gasteiger partial charge in [-0.1, -0.05) is 0 Å². The molecule has 3 nitrogen and oxygen atoms in total. The number of nitrogens with one attached hydrogen (secondary N) is 1. The Labute approximate surface area is 88.6 Å². The summed E-state index contributed by atoms with van der Waals surface area (Å²) in [6.45, 7) is 1.74. The van der Waals surface area contributed by atoms with Crippen molar-refractivity contribution in [1.29, 1.82) is 0 Å². The van der Waals surface area contributed by atoms with E-state index in [1.54, 1.807) is 0 Å². The Balaban J connectivity index is 1.67. The topological polar surface area (TPSA) is 32.3 Å². The summed E-state index contributed by atoms with van der Waals surface area (Å²) < 4.78 is 0.414. The van der Waals surface area contributed by atoms with E-state index in [4.69, 9.17) is 0 Å². The molecule has 0 unspecified atom stereocenters. The number of rotatable bonds is 3. The van der Waals surface area contributed by atoms with E-state index in [0.29, 0.717) is 10.7 Å². The summed E-state index contributed by atoms with van der Waals surface area (Å²) in [5, 5.41) is 3.35. The average molecular weight is 212 g/mol. The lowest BCUT2D eigenvalue weighted by molar-refractivity contribution is -0.129. The third-order valence-corrected chi connectivity index (χ3v) is 5.18. The van der Waals surface area contributed by atoms with Gasteiger partial charge in [-0.15, -0.1) is 0 Å². The van der Waals surface area contributed by atoms with E-state index in [-0.39, 0.29) is 5.54 Å². The van der Waals surface area contributed by atoms with E-state index >= 15 is 0 Å². The molecule has 1 saturated heterocycles. The zero-order valence-corrected chi connectivity index (χ0v) is 9.32. The van der Waals surface area contributed by atoms with Crippen molar-refractivity contribution in [3.05, 3.63) is 0 Å². The minimum atomic E-state index is -0.103. The number of hydrogen-bond acceptors (Lipinski definition) is 3. The van der Waals surface area contributed by atoms with E-state index < -0.39 is 0 Å². The van der Waals surface area contributed by atoms with E-state index in [1.807, 2.05) is 16.7 Å². The van der Waals surface area contributed by atoms with Crippen molar-refractivity contribution < 1.29 is 4.79 Å². The summed E-state index contributed by atoms with van der Waals surface area (Å²) in [7, 11) is 0. The quantitative estimate of drug-likeness (QED) is 0.751. The molecule has 1 spiro atoms. The maximum atomic E-state index is 12.0. The second-order valence-electron chi connectivity index (χ2n) is 4.81. The van der Waals surface area contributed by atoms with Gasteiger partial charge in [-0.3, -0.25) is 10.1 Å². The van der Waals surface area contributed by atoms with Crippen LogP contribution < -0.4 is 5.32 Å². The molecule has 3 rings (SSSR count). The lowest BCUT2D eigenvalue weighted by atomic mass is 10.2. The lowest BCUT2D eigenvalue weighted by Crippen LogP contribution is -2.36. The van der Waals surface area contributed by atoms with Gasteiger partial charge in [0.15, 0.2) is 0 Å². The van der Waals surface area contributed by atoms with Crippen LogP contribution >= 0.6 is 11.8 Å². The van der Waals surface area contributed by atoms with Gasteiger partial charge >= 0.3 is 0 Å². The maximum Gasteiger partial charge on any atom is 0.244 e. The van der Waals surface area contributed by atoms with Crippen LogP contribution in [0.3, 0.4) is 0 Å². The van der Waals surface area contributed by atoms with Crippen LogP contribution in [0.15, 0.2) is 0 Å². The van der Waals surface area contributed by atoms with Gasteiger partial charge in [0, 0.05) is 11.3 Å². The zero-order chi connectivity index (χ0) is 9.81. The maximum absolute atomic E-state index is 12.0. The standard InChI is InChI=1S/C10H16N2OS/c1-14-9(2-3-9)6-12-7-11-10(4-5-10)8(12)13/h11H,2-7H2,1H3. The van der Waals surface area contributed by atoms with Crippen molar-refractivity contribution in [1.82, 2.24) is 10.2 Å². The fourth-order valence-electron chi connectivity index (χ4n) is 2.25. The molecule has 0 radical (unpaired) electrons. The minimum Gasteiger partial charge on any atom is -0.327 e. The fourth-order valence-corrected chi connectivity index (χ4v) is 3.05. The molecule has 4 heteroatoms. The second-order valence-corrected chi connectivity index (χ2v) is 6.08.